The Kier molecular flexibility index (Phi) is 5.04. The third kappa shape index (κ3) is 3.33. The Hall–Kier alpha value is -3.08. The average molecular weight is 400 g/mol. The molecule has 0 aliphatic carbocycles. The highest BCUT2D eigenvalue weighted by molar-refractivity contribution is 7.91. The molecule has 0 saturated heterocycles. The summed E-state index contributed by atoms with van der Waals surface area (Å²) in [5.74, 6) is -0.299. The second kappa shape index (κ2) is 7.27. The van der Waals surface area contributed by atoms with Crippen LogP contribution in [-0.2, 0) is 9.84 Å². The smallest absolute Gasteiger partial charge is 0.234 e. The molecule has 3 rings (SSSR count). The molecule has 136 valence electrons. The van der Waals surface area contributed by atoms with Crippen molar-refractivity contribution in [2.75, 3.05) is 12.8 Å². The zero-order chi connectivity index (χ0) is 19.6. The molecule has 0 spiro atoms. The van der Waals surface area contributed by atoms with Gasteiger partial charge in [-0.2, -0.15) is 10.2 Å². The molecule has 0 unspecified atom stereocenters. The van der Waals surface area contributed by atoms with E-state index in [0.29, 0.717) is 10.6 Å². The lowest BCUT2D eigenvalue weighted by Crippen LogP contribution is -2.12. The Morgan fingerprint density at radius 2 is 1.74 bits per heavy atom. The topological polar surface area (TPSA) is 106 Å². The van der Waals surface area contributed by atoms with Crippen molar-refractivity contribution in [1.29, 1.82) is 5.26 Å². The molecule has 1 aromatic heterocycles. The van der Waals surface area contributed by atoms with Crippen LogP contribution in [0.4, 0.5) is 5.82 Å². The van der Waals surface area contributed by atoms with Crippen molar-refractivity contribution >= 4 is 27.3 Å². The van der Waals surface area contributed by atoms with Crippen LogP contribution >= 0.6 is 11.6 Å². The summed E-state index contributed by atoms with van der Waals surface area (Å²) in [6.45, 7) is 0. The molecule has 8 heteroatoms. The number of nitrogens with zero attached hydrogens (tertiary/aromatic N) is 2. The lowest BCUT2D eigenvalue weighted by molar-refractivity contribution is 0.397. The van der Waals surface area contributed by atoms with Gasteiger partial charge in [0.2, 0.25) is 15.7 Å². The predicted octanol–water partition coefficient (Wildman–Crippen LogP) is 3.70. The van der Waals surface area contributed by atoms with E-state index in [1.807, 2.05) is 6.07 Å². The van der Waals surface area contributed by atoms with Crippen molar-refractivity contribution in [1.82, 2.24) is 4.98 Å². The molecule has 1 heterocycles. The second-order valence-electron chi connectivity index (χ2n) is 5.52. The number of hydrogen-bond acceptors (Lipinski definition) is 6. The van der Waals surface area contributed by atoms with E-state index >= 15 is 0 Å². The standard InChI is InChI=1S/C19H14ClN3O3S/c1-26-19-15(11-21)16(12-7-9-13(20)10-8-12)17(18(22)23-19)27(24,25)14-5-3-2-4-6-14/h2-10H,1H3,(H2,22,23). The second-order valence-corrected chi connectivity index (χ2v) is 7.84. The van der Waals surface area contributed by atoms with Gasteiger partial charge in [-0.05, 0) is 29.8 Å². The minimum Gasteiger partial charge on any atom is -0.480 e. The van der Waals surface area contributed by atoms with Crippen LogP contribution in [0, 0.1) is 11.3 Å². The third-order valence-electron chi connectivity index (χ3n) is 3.91. The van der Waals surface area contributed by atoms with Crippen LogP contribution in [0.2, 0.25) is 5.02 Å². The summed E-state index contributed by atoms with van der Waals surface area (Å²) in [6, 6.07) is 16.2. The fourth-order valence-corrected chi connectivity index (χ4v) is 4.38. The molecule has 2 aromatic carbocycles. The molecular formula is C19H14ClN3O3S. The summed E-state index contributed by atoms with van der Waals surface area (Å²) in [5, 5.41) is 10.1. The molecule has 0 radical (unpaired) electrons. The number of anilines is 1. The van der Waals surface area contributed by atoms with E-state index < -0.39 is 9.84 Å². The van der Waals surface area contributed by atoms with Crippen molar-refractivity contribution < 1.29 is 13.2 Å². The van der Waals surface area contributed by atoms with Gasteiger partial charge in [-0.15, -0.1) is 0 Å². The number of rotatable bonds is 4. The zero-order valence-electron chi connectivity index (χ0n) is 14.2. The molecule has 0 fully saturated rings. The van der Waals surface area contributed by atoms with Crippen molar-refractivity contribution in [3.63, 3.8) is 0 Å². The molecule has 27 heavy (non-hydrogen) atoms. The Bertz CT molecular complexity index is 1140. The van der Waals surface area contributed by atoms with Crippen molar-refractivity contribution in [2.45, 2.75) is 9.79 Å². The number of nitrogen functional groups attached to an aromatic ring is 1. The number of nitrogens with two attached hydrogens (primary N) is 1. The molecule has 0 bridgehead atoms. The highest BCUT2D eigenvalue weighted by atomic mass is 35.5. The maximum atomic E-state index is 13.3. The largest absolute Gasteiger partial charge is 0.480 e. The van der Waals surface area contributed by atoms with Crippen LogP contribution < -0.4 is 10.5 Å². The molecule has 0 amide bonds. The fourth-order valence-electron chi connectivity index (χ4n) is 2.70. The van der Waals surface area contributed by atoms with Gasteiger partial charge in [0.1, 0.15) is 22.3 Å². The van der Waals surface area contributed by atoms with E-state index in [2.05, 4.69) is 4.98 Å². The van der Waals surface area contributed by atoms with E-state index in [1.54, 1.807) is 42.5 Å². The maximum absolute atomic E-state index is 13.3. The monoisotopic (exact) mass is 399 g/mol. The van der Waals surface area contributed by atoms with Gasteiger partial charge in [0, 0.05) is 10.6 Å². The Balaban J connectivity index is 2.44. The van der Waals surface area contributed by atoms with Gasteiger partial charge in [0.25, 0.3) is 0 Å². The van der Waals surface area contributed by atoms with Crippen molar-refractivity contribution in [3.05, 3.63) is 65.2 Å². The number of methoxy groups -OCH3 is 1. The molecule has 0 saturated carbocycles. The van der Waals surface area contributed by atoms with Gasteiger partial charge in [0.15, 0.2) is 0 Å². The van der Waals surface area contributed by atoms with Crippen LogP contribution in [0.1, 0.15) is 5.56 Å². The SMILES string of the molecule is COc1nc(N)c(S(=O)(=O)c2ccccc2)c(-c2ccc(Cl)cc2)c1C#N. The van der Waals surface area contributed by atoms with Crippen molar-refractivity contribution in [2.24, 2.45) is 0 Å². The Labute approximate surface area is 161 Å². The lowest BCUT2D eigenvalue weighted by Gasteiger charge is -2.16. The Morgan fingerprint density at radius 1 is 1.11 bits per heavy atom. The molecule has 0 aliphatic heterocycles. The van der Waals surface area contributed by atoms with Crippen LogP contribution in [-0.4, -0.2) is 20.5 Å². The summed E-state index contributed by atoms with van der Waals surface area (Å²) in [6.07, 6.45) is 0. The number of benzene rings is 2. The number of ether oxygens (including phenoxy) is 1. The van der Waals surface area contributed by atoms with E-state index in [-0.39, 0.29) is 32.6 Å². The number of hydrogen-bond donors (Lipinski definition) is 1. The average Bonchev–Trinajstić information content (AvgIpc) is 2.68. The maximum Gasteiger partial charge on any atom is 0.234 e. The van der Waals surface area contributed by atoms with Crippen LogP contribution in [0.15, 0.2) is 64.4 Å². The number of sulfone groups is 1. The number of halogens is 1. The molecule has 0 aliphatic rings. The first-order valence-corrected chi connectivity index (χ1v) is 9.60. The number of aromatic nitrogens is 1. The third-order valence-corrected chi connectivity index (χ3v) is 6.00. The van der Waals surface area contributed by atoms with Gasteiger partial charge < -0.3 is 10.5 Å². The van der Waals surface area contributed by atoms with Gasteiger partial charge in [0.05, 0.1) is 12.0 Å². The summed E-state index contributed by atoms with van der Waals surface area (Å²) < 4.78 is 31.7. The molecule has 3 aromatic rings. The summed E-state index contributed by atoms with van der Waals surface area (Å²) in [7, 11) is -2.71. The van der Waals surface area contributed by atoms with E-state index in [1.165, 1.54) is 19.2 Å². The van der Waals surface area contributed by atoms with Crippen LogP contribution in [0.5, 0.6) is 5.88 Å². The highest BCUT2D eigenvalue weighted by Crippen LogP contribution is 2.40. The van der Waals surface area contributed by atoms with E-state index in [0.717, 1.165) is 0 Å². The highest BCUT2D eigenvalue weighted by Gasteiger charge is 2.30. The molecular weight excluding hydrogens is 386 g/mol. The quantitative estimate of drug-likeness (QED) is 0.716. The Morgan fingerprint density at radius 3 is 2.30 bits per heavy atom. The van der Waals surface area contributed by atoms with E-state index in [9.17, 15) is 13.7 Å². The van der Waals surface area contributed by atoms with Gasteiger partial charge in [-0.25, -0.2) is 8.42 Å². The minimum absolute atomic E-state index is 0.0245. The summed E-state index contributed by atoms with van der Waals surface area (Å²) in [4.78, 5) is 3.79. The lowest BCUT2D eigenvalue weighted by atomic mass is 10.0. The van der Waals surface area contributed by atoms with Crippen molar-refractivity contribution in [3.8, 4) is 23.1 Å². The molecule has 0 atom stereocenters. The van der Waals surface area contributed by atoms with Gasteiger partial charge in [-0.1, -0.05) is 41.9 Å². The van der Waals surface area contributed by atoms with E-state index in [4.69, 9.17) is 22.1 Å². The zero-order valence-corrected chi connectivity index (χ0v) is 15.8. The number of pyridine rings is 1. The molecule has 2 N–H and O–H groups in total. The summed E-state index contributed by atoms with van der Waals surface area (Å²) >= 11 is 5.94. The van der Waals surface area contributed by atoms with Crippen LogP contribution in [0.3, 0.4) is 0 Å². The first-order valence-electron chi connectivity index (χ1n) is 7.73. The first-order chi connectivity index (χ1) is 12.9. The molecule has 6 nitrogen and oxygen atoms in total. The fraction of sp³-hybridized carbons (Fsp3) is 0.0526. The van der Waals surface area contributed by atoms with Gasteiger partial charge >= 0.3 is 0 Å². The normalized spacial score (nSPS) is 11.0. The predicted molar refractivity (Wildman–Crippen MR) is 102 cm³/mol. The van der Waals surface area contributed by atoms with Gasteiger partial charge in [-0.3, -0.25) is 0 Å². The summed E-state index contributed by atoms with van der Waals surface area (Å²) in [5.41, 5.74) is 6.57. The number of nitriles is 1. The first kappa shape index (κ1) is 18.7. The van der Waals surface area contributed by atoms with Crippen LogP contribution in [0.25, 0.3) is 11.1 Å². The minimum atomic E-state index is -4.04.